The van der Waals surface area contributed by atoms with E-state index in [0.29, 0.717) is 6.54 Å². The van der Waals surface area contributed by atoms with Crippen LogP contribution in [-0.2, 0) is 20.8 Å². The number of likely N-dealkylation sites (tertiary alicyclic amines) is 1. The van der Waals surface area contributed by atoms with Gasteiger partial charge in [-0.3, -0.25) is 19.3 Å². The molecule has 0 spiro atoms. The van der Waals surface area contributed by atoms with Gasteiger partial charge in [0.2, 0.25) is 17.7 Å². The molecule has 1 saturated carbocycles. The molecule has 0 unspecified atom stereocenters. The standard InChI is InChI=1S/C20H26N2O3/c23-18(21-13-6-9-15-7-2-1-3-8-15)12-14-22-19(24)16-10-4-5-11-17(16)20(22)25/h1-3,7-8,16-17H,4-6,9-14H2,(H,21,23)/t16-,17-/m0/s1. The van der Waals surface area contributed by atoms with Crippen molar-refractivity contribution in [1.29, 1.82) is 0 Å². The molecule has 1 N–H and O–H groups in total. The molecule has 25 heavy (non-hydrogen) atoms. The van der Waals surface area contributed by atoms with Crippen LogP contribution in [-0.4, -0.2) is 35.7 Å². The van der Waals surface area contributed by atoms with Crippen molar-refractivity contribution in [3.63, 3.8) is 0 Å². The molecule has 1 aromatic carbocycles. The summed E-state index contributed by atoms with van der Waals surface area (Å²) in [4.78, 5) is 38.0. The van der Waals surface area contributed by atoms with Crippen molar-refractivity contribution in [2.45, 2.75) is 44.9 Å². The van der Waals surface area contributed by atoms with Gasteiger partial charge in [-0.05, 0) is 31.2 Å². The van der Waals surface area contributed by atoms with Crippen molar-refractivity contribution in [3.05, 3.63) is 35.9 Å². The number of benzene rings is 1. The normalized spacial score (nSPS) is 22.8. The highest BCUT2D eigenvalue weighted by Gasteiger charge is 2.47. The number of carbonyl (C=O) groups is 3. The minimum atomic E-state index is -0.129. The molecule has 5 heteroatoms. The van der Waals surface area contributed by atoms with Crippen molar-refractivity contribution in [2.75, 3.05) is 13.1 Å². The van der Waals surface area contributed by atoms with Gasteiger partial charge in [-0.2, -0.15) is 0 Å². The maximum atomic E-state index is 12.4. The van der Waals surface area contributed by atoms with Crippen molar-refractivity contribution < 1.29 is 14.4 Å². The number of fused-ring (bicyclic) bond motifs is 1. The molecule has 0 radical (unpaired) electrons. The molecular weight excluding hydrogens is 316 g/mol. The van der Waals surface area contributed by atoms with Crippen molar-refractivity contribution in [2.24, 2.45) is 11.8 Å². The fourth-order valence-corrected chi connectivity index (χ4v) is 3.92. The molecule has 134 valence electrons. The Morgan fingerprint density at radius 2 is 1.68 bits per heavy atom. The highest BCUT2D eigenvalue weighted by Crippen LogP contribution is 2.37. The predicted octanol–water partition coefficient (Wildman–Crippen LogP) is 2.30. The second-order valence-electron chi connectivity index (χ2n) is 7.01. The summed E-state index contributed by atoms with van der Waals surface area (Å²) < 4.78 is 0. The maximum Gasteiger partial charge on any atom is 0.233 e. The number of amides is 3. The summed E-state index contributed by atoms with van der Waals surface area (Å²) in [6, 6.07) is 10.2. The van der Waals surface area contributed by atoms with Crippen LogP contribution in [0.15, 0.2) is 30.3 Å². The molecule has 0 aromatic heterocycles. The third-order valence-corrected chi connectivity index (χ3v) is 5.30. The lowest BCUT2D eigenvalue weighted by Crippen LogP contribution is -2.35. The summed E-state index contributed by atoms with van der Waals surface area (Å²) in [6.07, 6.45) is 5.68. The SMILES string of the molecule is O=C(CCN1C(=O)[C@H]2CCCC[C@@H]2C1=O)NCCCc1ccccc1. The molecule has 0 bridgehead atoms. The van der Waals surface area contributed by atoms with Crippen LogP contribution in [0, 0.1) is 11.8 Å². The summed E-state index contributed by atoms with van der Waals surface area (Å²) in [5.74, 6) is -0.480. The summed E-state index contributed by atoms with van der Waals surface area (Å²) in [5, 5.41) is 2.88. The van der Waals surface area contributed by atoms with E-state index in [1.54, 1.807) is 0 Å². The van der Waals surface area contributed by atoms with Crippen molar-refractivity contribution in [1.82, 2.24) is 10.2 Å². The Morgan fingerprint density at radius 3 is 2.32 bits per heavy atom. The van der Waals surface area contributed by atoms with E-state index in [0.717, 1.165) is 38.5 Å². The highest BCUT2D eigenvalue weighted by molar-refractivity contribution is 6.05. The smallest absolute Gasteiger partial charge is 0.233 e. The molecule has 2 fully saturated rings. The number of nitrogens with one attached hydrogen (secondary N) is 1. The fraction of sp³-hybridized carbons (Fsp3) is 0.550. The highest BCUT2D eigenvalue weighted by atomic mass is 16.2. The Bertz CT molecular complexity index is 605. The lowest BCUT2D eigenvalue weighted by atomic mass is 9.81. The van der Waals surface area contributed by atoms with Gasteiger partial charge in [-0.1, -0.05) is 43.2 Å². The maximum absolute atomic E-state index is 12.4. The van der Waals surface area contributed by atoms with Gasteiger partial charge in [0.1, 0.15) is 0 Å². The first kappa shape index (κ1) is 17.6. The molecule has 1 aliphatic heterocycles. The summed E-state index contributed by atoms with van der Waals surface area (Å²) in [7, 11) is 0. The molecule has 3 rings (SSSR count). The summed E-state index contributed by atoms with van der Waals surface area (Å²) in [6.45, 7) is 0.829. The molecule has 2 aliphatic rings. The van der Waals surface area contributed by atoms with E-state index in [2.05, 4.69) is 17.4 Å². The van der Waals surface area contributed by atoms with E-state index in [1.807, 2.05) is 18.2 Å². The third kappa shape index (κ3) is 4.27. The zero-order chi connectivity index (χ0) is 17.6. The van der Waals surface area contributed by atoms with Crippen LogP contribution >= 0.6 is 0 Å². The number of nitrogens with zero attached hydrogens (tertiary/aromatic N) is 1. The minimum Gasteiger partial charge on any atom is -0.356 e. The quantitative estimate of drug-likeness (QED) is 0.611. The molecule has 3 amide bonds. The first-order chi connectivity index (χ1) is 12.2. The lowest BCUT2D eigenvalue weighted by Gasteiger charge is -2.19. The number of hydrogen-bond donors (Lipinski definition) is 1. The van der Waals surface area contributed by atoms with E-state index >= 15 is 0 Å². The zero-order valence-corrected chi connectivity index (χ0v) is 14.6. The Kier molecular flexibility index (Phi) is 5.84. The van der Waals surface area contributed by atoms with E-state index in [4.69, 9.17) is 0 Å². The van der Waals surface area contributed by atoms with Crippen LogP contribution in [0.3, 0.4) is 0 Å². The molecule has 5 nitrogen and oxygen atoms in total. The first-order valence-electron chi connectivity index (χ1n) is 9.32. The van der Waals surface area contributed by atoms with Crippen LogP contribution in [0.1, 0.15) is 44.1 Å². The fourth-order valence-electron chi connectivity index (χ4n) is 3.92. The number of hydrogen-bond acceptors (Lipinski definition) is 3. The Balaban J connectivity index is 1.37. The Labute approximate surface area is 148 Å². The lowest BCUT2D eigenvalue weighted by molar-refractivity contribution is -0.140. The molecule has 1 heterocycles. The largest absolute Gasteiger partial charge is 0.356 e. The van der Waals surface area contributed by atoms with Gasteiger partial charge in [-0.25, -0.2) is 0 Å². The monoisotopic (exact) mass is 342 g/mol. The summed E-state index contributed by atoms with van der Waals surface area (Å²) >= 11 is 0. The second-order valence-corrected chi connectivity index (χ2v) is 7.01. The van der Waals surface area contributed by atoms with E-state index in [9.17, 15) is 14.4 Å². The van der Waals surface area contributed by atoms with Gasteiger partial charge in [0, 0.05) is 19.5 Å². The molecule has 1 aromatic rings. The number of carbonyl (C=O) groups excluding carboxylic acids is 3. The zero-order valence-electron chi connectivity index (χ0n) is 14.6. The van der Waals surface area contributed by atoms with Gasteiger partial charge in [0.15, 0.2) is 0 Å². The Hall–Kier alpha value is -2.17. The van der Waals surface area contributed by atoms with Crippen molar-refractivity contribution >= 4 is 17.7 Å². The van der Waals surface area contributed by atoms with Crippen LogP contribution in [0.4, 0.5) is 0 Å². The predicted molar refractivity (Wildman–Crippen MR) is 94.6 cm³/mol. The van der Waals surface area contributed by atoms with Crippen LogP contribution in [0.25, 0.3) is 0 Å². The third-order valence-electron chi connectivity index (χ3n) is 5.30. The molecule has 1 aliphatic carbocycles. The van der Waals surface area contributed by atoms with Gasteiger partial charge < -0.3 is 5.32 Å². The molecule has 2 atom stereocenters. The van der Waals surface area contributed by atoms with E-state index in [-0.39, 0.29) is 42.5 Å². The average Bonchev–Trinajstić information content (AvgIpc) is 2.89. The number of aryl methyl sites for hydroxylation is 1. The van der Waals surface area contributed by atoms with E-state index in [1.165, 1.54) is 10.5 Å². The Morgan fingerprint density at radius 1 is 1.04 bits per heavy atom. The second kappa shape index (κ2) is 8.28. The first-order valence-corrected chi connectivity index (χ1v) is 9.32. The van der Waals surface area contributed by atoms with Crippen LogP contribution in [0.2, 0.25) is 0 Å². The van der Waals surface area contributed by atoms with Gasteiger partial charge in [-0.15, -0.1) is 0 Å². The van der Waals surface area contributed by atoms with Gasteiger partial charge in [0.05, 0.1) is 11.8 Å². The van der Waals surface area contributed by atoms with Crippen molar-refractivity contribution in [3.8, 4) is 0 Å². The number of rotatable bonds is 7. The van der Waals surface area contributed by atoms with Crippen LogP contribution < -0.4 is 5.32 Å². The topological polar surface area (TPSA) is 66.5 Å². The summed E-state index contributed by atoms with van der Waals surface area (Å²) in [5.41, 5.74) is 1.26. The molecular formula is C20H26N2O3. The van der Waals surface area contributed by atoms with Crippen LogP contribution in [0.5, 0.6) is 0 Å². The van der Waals surface area contributed by atoms with Gasteiger partial charge >= 0.3 is 0 Å². The van der Waals surface area contributed by atoms with Gasteiger partial charge in [0.25, 0.3) is 0 Å². The average molecular weight is 342 g/mol. The minimum absolute atomic E-state index is 0.0634. The molecule has 1 saturated heterocycles. The van der Waals surface area contributed by atoms with E-state index < -0.39 is 0 Å². The number of imide groups is 1.